The summed E-state index contributed by atoms with van der Waals surface area (Å²) in [6.07, 6.45) is 4.15. The zero-order valence-electron chi connectivity index (χ0n) is 15.9. The number of nitrogens with one attached hydrogen (secondary N) is 1. The highest BCUT2D eigenvalue weighted by Crippen LogP contribution is 2.23. The third-order valence-corrected chi connectivity index (χ3v) is 5.25. The van der Waals surface area contributed by atoms with Crippen LogP contribution in [0.4, 0.5) is 4.79 Å². The summed E-state index contributed by atoms with van der Waals surface area (Å²) in [6, 6.07) is 10.9. The quantitative estimate of drug-likeness (QED) is 0.532. The molecule has 152 valence electrons. The van der Waals surface area contributed by atoms with Crippen molar-refractivity contribution in [3.8, 4) is 0 Å². The van der Waals surface area contributed by atoms with Crippen molar-refractivity contribution in [2.24, 2.45) is 5.73 Å². The molecule has 0 aliphatic heterocycles. The Labute approximate surface area is 174 Å². The number of Topliss-reactive ketones (excluding diaryl/α,β-unsaturated/α-hetero) is 1. The van der Waals surface area contributed by atoms with Gasteiger partial charge >= 0.3 is 12.0 Å². The van der Waals surface area contributed by atoms with E-state index in [9.17, 15) is 14.4 Å². The Balaban J connectivity index is 1.59. The average molecular weight is 415 g/mol. The SMILES string of the molecule is NC(=O)N[C@@H](CC(=O)OCC(=O)c1ccc2c(c1)CCCC2)c1ccc(Cl)cc1. The second kappa shape index (κ2) is 9.56. The molecule has 0 bridgehead atoms. The summed E-state index contributed by atoms with van der Waals surface area (Å²) in [5.41, 5.74) is 8.89. The number of ketones is 1. The zero-order valence-corrected chi connectivity index (χ0v) is 16.7. The number of carbonyl (C=O) groups is 3. The standard InChI is InChI=1S/C22H23ClN2O4/c23-18-9-7-15(8-10-18)19(25-22(24)28)12-21(27)29-13-20(26)17-6-5-14-3-1-2-4-16(14)11-17/h5-11,19H,1-4,12-13H2,(H3,24,25,28)/t19-/m0/s1. The van der Waals surface area contributed by atoms with Gasteiger partial charge in [0.1, 0.15) is 0 Å². The molecule has 0 spiro atoms. The van der Waals surface area contributed by atoms with Crippen LogP contribution in [0.5, 0.6) is 0 Å². The van der Waals surface area contributed by atoms with Crippen molar-refractivity contribution in [2.45, 2.75) is 38.1 Å². The first-order valence-electron chi connectivity index (χ1n) is 9.54. The van der Waals surface area contributed by atoms with Gasteiger partial charge in [0.25, 0.3) is 0 Å². The van der Waals surface area contributed by atoms with Gasteiger partial charge in [0.15, 0.2) is 12.4 Å². The molecule has 7 heteroatoms. The van der Waals surface area contributed by atoms with Crippen LogP contribution in [-0.4, -0.2) is 24.4 Å². The van der Waals surface area contributed by atoms with Crippen LogP contribution in [0.3, 0.4) is 0 Å². The lowest BCUT2D eigenvalue weighted by Gasteiger charge is -2.18. The Hall–Kier alpha value is -2.86. The number of amides is 2. The van der Waals surface area contributed by atoms with Crippen molar-refractivity contribution >= 4 is 29.4 Å². The Morgan fingerprint density at radius 3 is 2.41 bits per heavy atom. The summed E-state index contributed by atoms with van der Waals surface area (Å²) in [4.78, 5) is 36.0. The summed E-state index contributed by atoms with van der Waals surface area (Å²) in [7, 11) is 0. The minimum absolute atomic E-state index is 0.151. The van der Waals surface area contributed by atoms with Gasteiger partial charge in [0, 0.05) is 10.6 Å². The van der Waals surface area contributed by atoms with Crippen LogP contribution in [-0.2, 0) is 22.4 Å². The van der Waals surface area contributed by atoms with E-state index in [-0.39, 0.29) is 18.8 Å². The minimum atomic E-state index is -0.761. The first-order valence-corrected chi connectivity index (χ1v) is 9.92. The number of rotatable bonds is 7. The number of nitrogens with two attached hydrogens (primary N) is 1. The van der Waals surface area contributed by atoms with Gasteiger partial charge < -0.3 is 15.8 Å². The van der Waals surface area contributed by atoms with Crippen LogP contribution in [0, 0.1) is 0 Å². The Morgan fingerprint density at radius 2 is 1.72 bits per heavy atom. The number of halogens is 1. The van der Waals surface area contributed by atoms with E-state index in [4.69, 9.17) is 22.1 Å². The molecule has 0 saturated heterocycles. The van der Waals surface area contributed by atoms with Crippen LogP contribution < -0.4 is 11.1 Å². The van der Waals surface area contributed by atoms with Gasteiger partial charge in [0.05, 0.1) is 12.5 Å². The van der Waals surface area contributed by atoms with E-state index in [0.29, 0.717) is 16.1 Å². The van der Waals surface area contributed by atoms with Crippen LogP contribution in [0.15, 0.2) is 42.5 Å². The number of urea groups is 1. The predicted octanol–water partition coefficient (Wildman–Crippen LogP) is 3.74. The maximum absolute atomic E-state index is 12.4. The van der Waals surface area contributed by atoms with Crippen molar-refractivity contribution in [3.05, 3.63) is 69.7 Å². The maximum Gasteiger partial charge on any atom is 0.312 e. The minimum Gasteiger partial charge on any atom is -0.457 e. The topological polar surface area (TPSA) is 98.5 Å². The fraction of sp³-hybridized carbons (Fsp3) is 0.318. The molecular formula is C22H23ClN2O4. The Kier molecular flexibility index (Phi) is 6.88. The molecule has 2 aromatic carbocycles. The maximum atomic E-state index is 12.4. The molecule has 1 aliphatic carbocycles. The molecule has 2 amide bonds. The van der Waals surface area contributed by atoms with Gasteiger partial charge in [-0.25, -0.2) is 4.79 Å². The Morgan fingerprint density at radius 1 is 1.03 bits per heavy atom. The summed E-state index contributed by atoms with van der Waals surface area (Å²) in [5, 5.41) is 3.04. The van der Waals surface area contributed by atoms with E-state index < -0.39 is 18.0 Å². The predicted molar refractivity (Wildman–Crippen MR) is 110 cm³/mol. The highest BCUT2D eigenvalue weighted by molar-refractivity contribution is 6.30. The first-order chi connectivity index (χ1) is 13.9. The van der Waals surface area contributed by atoms with Gasteiger partial charge in [-0.3, -0.25) is 9.59 Å². The molecular weight excluding hydrogens is 392 g/mol. The van der Waals surface area contributed by atoms with Crippen LogP contribution in [0.25, 0.3) is 0 Å². The van der Waals surface area contributed by atoms with Gasteiger partial charge in [-0.1, -0.05) is 35.9 Å². The molecule has 0 radical (unpaired) electrons. The summed E-state index contributed by atoms with van der Waals surface area (Å²) < 4.78 is 5.15. The molecule has 0 saturated carbocycles. The zero-order chi connectivity index (χ0) is 20.8. The highest BCUT2D eigenvalue weighted by Gasteiger charge is 2.20. The number of esters is 1. The summed E-state index contributed by atoms with van der Waals surface area (Å²) in [5.74, 6) is -0.859. The van der Waals surface area contributed by atoms with E-state index in [1.165, 1.54) is 17.5 Å². The second-order valence-corrected chi connectivity index (χ2v) is 7.53. The monoisotopic (exact) mass is 414 g/mol. The number of benzene rings is 2. The molecule has 0 unspecified atom stereocenters. The van der Waals surface area contributed by atoms with E-state index in [1.807, 2.05) is 12.1 Å². The fourth-order valence-electron chi connectivity index (χ4n) is 3.48. The van der Waals surface area contributed by atoms with Crippen molar-refractivity contribution in [3.63, 3.8) is 0 Å². The lowest BCUT2D eigenvalue weighted by Crippen LogP contribution is -2.34. The molecule has 0 heterocycles. The van der Waals surface area contributed by atoms with Gasteiger partial charge in [-0.2, -0.15) is 0 Å². The van der Waals surface area contributed by atoms with E-state index in [2.05, 4.69) is 5.32 Å². The van der Waals surface area contributed by atoms with Crippen molar-refractivity contribution in [1.29, 1.82) is 0 Å². The summed E-state index contributed by atoms with van der Waals surface area (Å²) in [6.45, 7) is -0.346. The normalized spacial score (nSPS) is 13.8. The molecule has 1 aliphatic rings. The number of aryl methyl sites for hydroxylation is 2. The van der Waals surface area contributed by atoms with Crippen molar-refractivity contribution in [1.82, 2.24) is 5.32 Å². The number of hydrogen-bond acceptors (Lipinski definition) is 4. The molecule has 3 rings (SSSR count). The fourth-order valence-corrected chi connectivity index (χ4v) is 3.61. The summed E-state index contributed by atoms with van der Waals surface area (Å²) >= 11 is 5.87. The van der Waals surface area contributed by atoms with Gasteiger partial charge in [-0.05, 0) is 60.6 Å². The second-order valence-electron chi connectivity index (χ2n) is 7.09. The molecule has 0 aromatic heterocycles. The number of hydrogen-bond donors (Lipinski definition) is 2. The van der Waals surface area contributed by atoms with Gasteiger partial charge in [-0.15, -0.1) is 0 Å². The van der Waals surface area contributed by atoms with E-state index in [1.54, 1.807) is 30.3 Å². The number of ether oxygens (including phenoxy) is 1. The average Bonchev–Trinajstić information content (AvgIpc) is 2.71. The molecule has 1 atom stereocenters. The van der Waals surface area contributed by atoms with E-state index in [0.717, 1.165) is 19.3 Å². The molecule has 29 heavy (non-hydrogen) atoms. The molecule has 3 N–H and O–H groups in total. The first kappa shape index (κ1) is 20.9. The molecule has 6 nitrogen and oxygen atoms in total. The van der Waals surface area contributed by atoms with Gasteiger partial charge in [0.2, 0.25) is 0 Å². The van der Waals surface area contributed by atoms with Crippen LogP contribution in [0.2, 0.25) is 5.02 Å². The lowest BCUT2D eigenvalue weighted by atomic mass is 9.90. The van der Waals surface area contributed by atoms with Crippen LogP contribution in [0.1, 0.15) is 52.4 Å². The number of primary amides is 1. The third kappa shape index (κ3) is 5.81. The highest BCUT2D eigenvalue weighted by atomic mass is 35.5. The van der Waals surface area contributed by atoms with Crippen molar-refractivity contribution < 1.29 is 19.1 Å². The Bertz CT molecular complexity index is 912. The number of fused-ring (bicyclic) bond motifs is 1. The molecule has 2 aromatic rings. The smallest absolute Gasteiger partial charge is 0.312 e. The lowest BCUT2D eigenvalue weighted by molar-refractivity contribution is -0.143. The number of carbonyl (C=O) groups excluding carboxylic acids is 3. The van der Waals surface area contributed by atoms with Crippen molar-refractivity contribution in [2.75, 3.05) is 6.61 Å². The third-order valence-electron chi connectivity index (χ3n) is 4.99. The largest absolute Gasteiger partial charge is 0.457 e. The molecule has 0 fully saturated rings. The van der Waals surface area contributed by atoms with Crippen LogP contribution >= 0.6 is 11.6 Å². The van der Waals surface area contributed by atoms with E-state index >= 15 is 0 Å².